The molecule has 1 aromatic heterocycles. The third kappa shape index (κ3) is 4.23. The number of nitrogens with zero attached hydrogens (tertiary/aromatic N) is 1. The molecule has 1 aromatic rings. The smallest absolute Gasteiger partial charge is 0.221 e. The lowest BCUT2D eigenvalue weighted by Crippen LogP contribution is -2.25. The zero-order valence-electron chi connectivity index (χ0n) is 7.87. The van der Waals surface area contributed by atoms with Gasteiger partial charge in [-0.2, -0.15) is 0 Å². The number of hydrogen-bond acceptors (Lipinski definition) is 2. The van der Waals surface area contributed by atoms with Crippen LogP contribution in [0.3, 0.4) is 0 Å². The summed E-state index contributed by atoms with van der Waals surface area (Å²) >= 11 is 5.42. The molecule has 3 nitrogen and oxygen atoms in total. The van der Waals surface area contributed by atoms with Gasteiger partial charge in [-0.15, -0.1) is 11.6 Å². The van der Waals surface area contributed by atoms with Gasteiger partial charge in [-0.25, -0.2) is 0 Å². The van der Waals surface area contributed by atoms with Crippen LogP contribution in [0.2, 0.25) is 0 Å². The van der Waals surface area contributed by atoms with E-state index in [1.807, 2.05) is 12.1 Å². The Morgan fingerprint density at radius 2 is 2.43 bits per heavy atom. The standard InChI is InChI=1S/C10H13ClN2O/c11-5-3-10(14)13-7-4-9-2-1-6-12-8-9/h1-2,6,8H,3-5,7H2,(H,13,14). The molecule has 14 heavy (non-hydrogen) atoms. The first-order chi connectivity index (χ1) is 6.83. The topological polar surface area (TPSA) is 42.0 Å². The first-order valence-corrected chi connectivity index (χ1v) is 5.08. The van der Waals surface area contributed by atoms with E-state index in [0.29, 0.717) is 18.8 Å². The van der Waals surface area contributed by atoms with Crippen molar-refractivity contribution < 1.29 is 4.79 Å². The first-order valence-electron chi connectivity index (χ1n) is 4.54. The minimum atomic E-state index is 0.00360. The summed E-state index contributed by atoms with van der Waals surface area (Å²) < 4.78 is 0. The van der Waals surface area contributed by atoms with Crippen LogP contribution < -0.4 is 5.32 Å². The summed E-state index contributed by atoms with van der Waals surface area (Å²) in [6, 6.07) is 3.87. The van der Waals surface area contributed by atoms with Gasteiger partial charge in [0.25, 0.3) is 0 Å². The van der Waals surface area contributed by atoms with Gasteiger partial charge in [0.1, 0.15) is 0 Å². The van der Waals surface area contributed by atoms with Gasteiger partial charge in [-0.3, -0.25) is 9.78 Å². The van der Waals surface area contributed by atoms with Crippen LogP contribution in [0.1, 0.15) is 12.0 Å². The van der Waals surface area contributed by atoms with Crippen molar-refractivity contribution in [1.29, 1.82) is 0 Å². The second kappa shape index (κ2) is 6.38. The SMILES string of the molecule is O=C(CCCl)NCCc1cccnc1. The summed E-state index contributed by atoms with van der Waals surface area (Å²) in [6.07, 6.45) is 4.72. The molecule has 1 rings (SSSR count). The summed E-state index contributed by atoms with van der Waals surface area (Å²) in [6.45, 7) is 0.640. The third-order valence-corrected chi connectivity index (χ3v) is 1.97. The van der Waals surface area contributed by atoms with E-state index in [1.165, 1.54) is 0 Å². The third-order valence-electron chi connectivity index (χ3n) is 1.78. The molecule has 0 radical (unpaired) electrons. The molecule has 0 fully saturated rings. The molecule has 0 aliphatic carbocycles. The molecule has 0 aliphatic rings. The Bertz CT molecular complexity index is 277. The van der Waals surface area contributed by atoms with Gasteiger partial charge in [0.05, 0.1) is 0 Å². The maximum atomic E-state index is 11.0. The molecule has 0 spiro atoms. The van der Waals surface area contributed by atoms with Crippen LogP contribution in [0.15, 0.2) is 24.5 Å². The lowest BCUT2D eigenvalue weighted by molar-refractivity contribution is -0.120. The van der Waals surface area contributed by atoms with Crippen LogP contribution in [-0.4, -0.2) is 23.3 Å². The summed E-state index contributed by atoms with van der Waals surface area (Å²) in [5.74, 6) is 0.377. The highest BCUT2D eigenvalue weighted by Crippen LogP contribution is 1.95. The van der Waals surface area contributed by atoms with Crippen molar-refractivity contribution in [3.63, 3.8) is 0 Å². The molecular formula is C10H13ClN2O. The van der Waals surface area contributed by atoms with E-state index in [4.69, 9.17) is 11.6 Å². The summed E-state index contributed by atoms with van der Waals surface area (Å²) in [5, 5.41) is 2.78. The largest absolute Gasteiger partial charge is 0.356 e. The van der Waals surface area contributed by atoms with E-state index in [1.54, 1.807) is 12.4 Å². The van der Waals surface area contributed by atoms with E-state index in [9.17, 15) is 4.79 Å². The number of hydrogen-bond donors (Lipinski definition) is 1. The Morgan fingerprint density at radius 1 is 1.57 bits per heavy atom. The minimum absolute atomic E-state index is 0.00360. The molecule has 0 unspecified atom stereocenters. The average molecular weight is 213 g/mol. The maximum absolute atomic E-state index is 11.0. The lowest BCUT2D eigenvalue weighted by Gasteiger charge is -2.03. The molecule has 4 heteroatoms. The second-order valence-electron chi connectivity index (χ2n) is 2.90. The Morgan fingerprint density at radius 3 is 3.07 bits per heavy atom. The number of amides is 1. The Hall–Kier alpha value is -1.09. The zero-order valence-corrected chi connectivity index (χ0v) is 8.63. The molecule has 76 valence electrons. The Balaban J connectivity index is 2.19. The van der Waals surface area contributed by atoms with E-state index in [0.717, 1.165) is 12.0 Å². The highest BCUT2D eigenvalue weighted by Gasteiger charge is 1.98. The first kappa shape index (κ1) is 11.0. The van der Waals surface area contributed by atoms with Gasteiger partial charge < -0.3 is 5.32 Å². The quantitative estimate of drug-likeness (QED) is 0.750. The maximum Gasteiger partial charge on any atom is 0.221 e. The van der Waals surface area contributed by atoms with Gasteiger partial charge in [0.15, 0.2) is 0 Å². The second-order valence-corrected chi connectivity index (χ2v) is 3.28. The summed E-state index contributed by atoms with van der Waals surface area (Å²) in [4.78, 5) is 15.0. The van der Waals surface area contributed by atoms with Crippen LogP contribution in [0.5, 0.6) is 0 Å². The van der Waals surface area contributed by atoms with Crippen LogP contribution in [0.4, 0.5) is 0 Å². The lowest BCUT2D eigenvalue weighted by atomic mass is 10.2. The number of carbonyl (C=O) groups is 1. The predicted octanol–water partition coefficient (Wildman–Crippen LogP) is 1.37. The number of carbonyl (C=O) groups excluding carboxylic acids is 1. The summed E-state index contributed by atoms with van der Waals surface area (Å²) in [5.41, 5.74) is 1.12. The minimum Gasteiger partial charge on any atom is -0.356 e. The van der Waals surface area contributed by atoms with E-state index in [-0.39, 0.29) is 5.91 Å². The summed E-state index contributed by atoms with van der Waals surface area (Å²) in [7, 11) is 0. The zero-order chi connectivity index (χ0) is 10.2. The van der Waals surface area contributed by atoms with Crippen molar-refractivity contribution in [1.82, 2.24) is 10.3 Å². The molecule has 0 bridgehead atoms. The normalized spacial score (nSPS) is 9.79. The number of halogens is 1. The fourth-order valence-electron chi connectivity index (χ4n) is 1.07. The molecule has 0 saturated heterocycles. The van der Waals surface area contributed by atoms with Crippen molar-refractivity contribution in [2.24, 2.45) is 0 Å². The van der Waals surface area contributed by atoms with E-state index >= 15 is 0 Å². The van der Waals surface area contributed by atoms with Crippen LogP contribution in [0.25, 0.3) is 0 Å². The van der Waals surface area contributed by atoms with Gasteiger partial charge in [0.2, 0.25) is 5.91 Å². The Labute approximate surface area is 88.5 Å². The van der Waals surface area contributed by atoms with E-state index < -0.39 is 0 Å². The van der Waals surface area contributed by atoms with Crippen LogP contribution in [-0.2, 0) is 11.2 Å². The molecule has 0 saturated carbocycles. The van der Waals surface area contributed by atoms with Crippen LogP contribution >= 0.6 is 11.6 Å². The van der Waals surface area contributed by atoms with Crippen molar-refractivity contribution in [3.05, 3.63) is 30.1 Å². The van der Waals surface area contributed by atoms with Crippen molar-refractivity contribution in [2.75, 3.05) is 12.4 Å². The highest BCUT2D eigenvalue weighted by molar-refractivity contribution is 6.18. The predicted molar refractivity (Wildman–Crippen MR) is 56.3 cm³/mol. The van der Waals surface area contributed by atoms with Gasteiger partial charge >= 0.3 is 0 Å². The number of pyridine rings is 1. The van der Waals surface area contributed by atoms with Crippen molar-refractivity contribution >= 4 is 17.5 Å². The number of rotatable bonds is 5. The van der Waals surface area contributed by atoms with Gasteiger partial charge in [-0.05, 0) is 18.1 Å². The van der Waals surface area contributed by atoms with E-state index in [2.05, 4.69) is 10.3 Å². The molecule has 0 atom stereocenters. The number of nitrogens with one attached hydrogen (secondary N) is 1. The molecule has 1 amide bonds. The molecule has 0 aliphatic heterocycles. The molecular weight excluding hydrogens is 200 g/mol. The van der Waals surface area contributed by atoms with Crippen molar-refractivity contribution in [3.8, 4) is 0 Å². The van der Waals surface area contributed by atoms with Gasteiger partial charge in [0, 0.05) is 31.2 Å². The number of alkyl halides is 1. The van der Waals surface area contributed by atoms with Crippen molar-refractivity contribution in [2.45, 2.75) is 12.8 Å². The van der Waals surface area contributed by atoms with Gasteiger partial charge in [-0.1, -0.05) is 6.07 Å². The fraction of sp³-hybridized carbons (Fsp3) is 0.400. The average Bonchev–Trinajstić information content (AvgIpc) is 2.20. The molecule has 1 heterocycles. The number of aromatic nitrogens is 1. The van der Waals surface area contributed by atoms with Crippen LogP contribution in [0, 0.1) is 0 Å². The molecule has 1 N–H and O–H groups in total. The highest BCUT2D eigenvalue weighted by atomic mass is 35.5. The Kier molecular flexibility index (Phi) is 5.00. The monoisotopic (exact) mass is 212 g/mol. The fourth-order valence-corrected chi connectivity index (χ4v) is 1.24. The molecule has 0 aromatic carbocycles.